The number of nitrogens with one attached hydrogen (secondary N) is 1. The lowest BCUT2D eigenvalue weighted by molar-refractivity contribution is 0.114. The van der Waals surface area contributed by atoms with E-state index in [0.717, 1.165) is 30.7 Å². The number of hydrogen-bond donors (Lipinski definition) is 2. The van der Waals surface area contributed by atoms with E-state index >= 15 is 0 Å². The van der Waals surface area contributed by atoms with Gasteiger partial charge in [0.05, 0.1) is 6.10 Å². The summed E-state index contributed by atoms with van der Waals surface area (Å²) in [7, 11) is 0. The van der Waals surface area contributed by atoms with Crippen molar-refractivity contribution in [1.29, 1.82) is 0 Å². The number of aliphatic hydroxyl groups is 1. The van der Waals surface area contributed by atoms with Crippen molar-refractivity contribution in [3.05, 3.63) is 0 Å². The highest BCUT2D eigenvalue weighted by atomic mass is 16.3. The molecule has 80 valence electrons. The molecule has 0 aromatic rings. The molecule has 3 fully saturated rings. The van der Waals surface area contributed by atoms with E-state index < -0.39 is 0 Å². The standard InChI is InChI=1S/C12H21NO/c14-12-3-1-10(2-4-12)13-11-6-8-5-9(8)7-11/h8-14H,1-7H2. The first kappa shape index (κ1) is 9.17. The van der Waals surface area contributed by atoms with E-state index in [-0.39, 0.29) is 6.10 Å². The molecule has 3 aliphatic rings. The topological polar surface area (TPSA) is 32.3 Å². The minimum atomic E-state index is -0.00923. The van der Waals surface area contributed by atoms with Gasteiger partial charge in [-0.05, 0) is 56.8 Å². The average Bonchev–Trinajstić information content (AvgIpc) is 2.79. The van der Waals surface area contributed by atoms with Crippen molar-refractivity contribution < 1.29 is 5.11 Å². The molecule has 0 spiro atoms. The molecule has 0 saturated heterocycles. The Bertz CT molecular complexity index is 200. The van der Waals surface area contributed by atoms with E-state index in [1.165, 1.54) is 32.1 Å². The highest BCUT2D eigenvalue weighted by Gasteiger charge is 2.46. The van der Waals surface area contributed by atoms with Crippen LogP contribution in [0.25, 0.3) is 0 Å². The van der Waals surface area contributed by atoms with E-state index in [1.807, 2.05) is 0 Å². The van der Waals surface area contributed by atoms with Gasteiger partial charge in [-0.15, -0.1) is 0 Å². The fourth-order valence-corrected chi connectivity index (χ4v) is 3.43. The molecule has 2 N–H and O–H groups in total. The maximum atomic E-state index is 9.41. The number of fused-ring (bicyclic) bond motifs is 1. The fourth-order valence-electron chi connectivity index (χ4n) is 3.43. The molecule has 2 nitrogen and oxygen atoms in total. The van der Waals surface area contributed by atoms with Crippen LogP contribution in [-0.2, 0) is 0 Å². The largest absolute Gasteiger partial charge is 0.393 e. The summed E-state index contributed by atoms with van der Waals surface area (Å²) in [4.78, 5) is 0. The smallest absolute Gasteiger partial charge is 0.0541 e. The Hall–Kier alpha value is -0.0800. The van der Waals surface area contributed by atoms with Crippen LogP contribution >= 0.6 is 0 Å². The Morgan fingerprint density at radius 3 is 2.07 bits per heavy atom. The first-order valence-corrected chi connectivity index (χ1v) is 6.25. The third-order valence-electron chi connectivity index (χ3n) is 4.41. The number of aliphatic hydroxyl groups excluding tert-OH is 1. The highest BCUT2D eigenvalue weighted by molar-refractivity contribution is 4.99. The molecule has 0 amide bonds. The van der Waals surface area contributed by atoms with E-state index in [1.54, 1.807) is 0 Å². The fraction of sp³-hybridized carbons (Fsp3) is 1.00. The third-order valence-corrected chi connectivity index (χ3v) is 4.41. The molecular formula is C12H21NO. The molecule has 14 heavy (non-hydrogen) atoms. The maximum absolute atomic E-state index is 9.41. The van der Waals surface area contributed by atoms with Crippen LogP contribution in [0.1, 0.15) is 44.9 Å². The zero-order valence-electron chi connectivity index (χ0n) is 8.78. The Morgan fingerprint density at radius 2 is 1.43 bits per heavy atom. The second kappa shape index (κ2) is 3.49. The number of hydrogen-bond acceptors (Lipinski definition) is 2. The molecule has 2 unspecified atom stereocenters. The summed E-state index contributed by atoms with van der Waals surface area (Å²) in [5.74, 6) is 2.17. The minimum Gasteiger partial charge on any atom is -0.393 e. The summed E-state index contributed by atoms with van der Waals surface area (Å²) in [6.07, 6.45) is 8.77. The molecule has 0 aliphatic heterocycles. The van der Waals surface area contributed by atoms with Gasteiger partial charge in [-0.2, -0.15) is 0 Å². The van der Waals surface area contributed by atoms with Gasteiger partial charge in [-0.25, -0.2) is 0 Å². The highest BCUT2D eigenvalue weighted by Crippen LogP contribution is 2.51. The van der Waals surface area contributed by atoms with Gasteiger partial charge < -0.3 is 10.4 Å². The summed E-state index contributed by atoms with van der Waals surface area (Å²) in [6, 6.07) is 1.53. The Morgan fingerprint density at radius 1 is 0.786 bits per heavy atom. The summed E-state index contributed by atoms with van der Waals surface area (Å²) < 4.78 is 0. The molecule has 2 heteroatoms. The number of rotatable bonds is 2. The molecule has 0 radical (unpaired) electrons. The average molecular weight is 195 g/mol. The maximum Gasteiger partial charge on any atom is 0.0541 e. The van der Waals surface area contributed by atoms with Gasteiger partial charge in [0.1, 0.15) is 0 Å². The van der Waals surface area contributed by atoms with Crippen LogP contribution in [0.5, 0.6) is 0 Å². The summed E-state index contributed by atoms with van der Waals surface area (Å²) in [5, 5.41) is 13.2. The van der Waals surface area contributed by atoms with Gasteiger partial charge in [0.2, 0.25) is 0 Å². The lowest BCUT2D eigenvalue weighted by atomic mass is 9.92. The zero-order valence-corrected chi connectivity index (χ0v) is 8.78. The van der Waals surface area contributed by atoms with Gasteiger partial charge in [0.15, 0.2) is 0 Å². The monoisotopic (exact) mass is 195 g/mol. The van der Waals surface area contributed by atoms with E-state index in [4.69, 9.17) is 0 Å². The van der Waals surface area contributed by atoms with Crippen LogP contribution in [0.3, 0.4) is 0 Å². The van der Waals surface area contributed by atoms with Crippen molar-refractivity contribution in [3.63, 3.8) is 0 Å². The van der Waals surface area contributed by atoms with Crippen LogP contribution in [0.15, 0.2) is 0 Å². The second-order valence-electron chi connectivity index (χ2n) is 5.60. The molecule has 0 bridgehead atoms. The van der Waals surface area contributed by atoms with Crippen molar-refractivity contribution >= 4 is 0 Å². The van der Waals surface area contributed by atoms with Crippen LogP contribution in [0.4, 0.5) is 0 Å². The van der Waals surface area contributed by atoms with Crippen LogP contribution in [-0.4, -0.2) is 23.3 Å². The first-order valence-electron chi connectivity index (χ1n) is 6.25. The predicted molar refractivity (Wildman–Crippen MR) is 56.0 cm³/mol. The Kier molecular flexibility index (Phi) is 2.29. The minimum absolute atomic E-state index is 0.00923. The molecule has 3 rings (SSSR count). The normalized spacial score (nSPS) is 51.6. The van der Waals surface area contributed by atoms with Crippen molar-refractivity contribution in [3.8, 4) is 0 Å². The zero-order chi connectivity index (χ0) is 9.54. The summed E-state index contributed by atoms with van der Waals surface area (Å²) in [6.45, 7) is 0. The van der Waals surface area contributed by atoms with Gasteiger partial charge in [0.25, 0.3) is 0 Å². The predicted octanol–water partition coefficient (Wildman–Crippen LogP) is 1.68. The molecule has 3 saturated carbocycles. The molecular weight excluding hydrogens is 174 g/mol. The van der Waals surface area contributed by atoms with E-state index in [0.29, 0.717) is 6.04 Å². The molecule has 3 aliphatic carbocycles. The van der Waals surface area contributed by atoms with Crippen molar-refractivity contribution in [2.75, 3.05) is 0 Å². The van der Waals surface area contributed by atoms with Crippen molar-refractivity contribution in [2.24, 2.45) is 11.8 Å². The van der Waals surface area contributed by atoms with E-state index in [2.05, 4.69) is 5.32 Å². The quantitative estimate of drug-likeness (QED) is 0.702. The van der Waals surface area contributed by atoms with Crippen molar-refractivity contribution in [2.45, 2.75) is 63.1 Å². The van der Waals surface area contributed by atoms with Crippen LogP contribution < -0.4 is 5.32 Å². The lowest BCUT2D eigenvalue weighted by Crippen LogP contribution is -2.40. The van der Waals surface area contributed by atoms with Crippen molar-refractivity contribution in [1.82, 2.24) is 5.32 Å². The van der Waals surface area contributed by atoms with Gasteiger partial charge >= 0.3 is 0 Å². The second-order valence-corrected chi connectivity index (χ2v) is 5.60. The van der Waals surface area contributed by atoms with E-state index in [9.17, 15) is 5.11 Å². The van der Waals surface area contributed by atoms with Gasteiger partial charge in [-0.3, -0.25) is 0 Å². The van der Waals surface area contributed by atoms with Crippen LogP contribution in [0, 0.1) is 11.8 Å². The molecule has 0 aromatic heterocycles. The molecule has 0 heterocycles. The van der Waals surface area contributed by atoms with Gasteiger partial charge in [0, 0.05) is 12.1 Å². The Balaban J connectivity index is 1.44. The molecule has 0 aromatic carbocycles. The Labute approximate surface area is 86.1 Å². The first-order chi connectivity index (χ1) is 6.81. The summed E-state index contributed by atoms with van der Waals surface area (Å²) >= 11 is 0. The van der Waals surface area contributed by atoms with Crippen LogP contribution in [0.2, 0.25) is 0 Å². The summed E-state index contributed by atoms with van der Waals surface area (Å²) in [5.41, 5.74) is 0. The lowest BCUT2D eigenvalue weighted by Gasteiger charge is -2.29. The third kappa shape index (κ3) is 1.82. The SMILES string of the molecule is OC1CCC(NC2CC3CC3C2)CC1. The molecule has 2 atom stereocenters. The van der Waals surface area contributed by atoms with Gasteiger partial charge in [-0.1, -0.05) is 0 Å².